The van der Waals surface area contributed by atoms with Crippen molar-refractivity contribution in [3.8, 4) is 5.75 Å². The van der Waals surface area contributed by atoms with Crippen molar-refractivity contribution in [3.05, 3.63) is 69.5 Å². The van der Waals surface area contributed by atoms with E-state index in [1.54, 1.807) is 6.07 Å². The maximum atomic E-state index is 13.7. The van der Waals surface area contributed by atoms with Gasteiger partial charge in [0.05, 0.1) is 18.6 Å². The Morgan fingerprint density at radius 2 is 2.00 bits per heavy atom. The molecule has 0 bridgehead atoms. The van der Waals surface area contributed by atoms with Crippen molar-refractivity contribution in [3.63, 3.8) is 0 Å². The highest BCUT2D eigenvalue weighted by Gasteiger charge is 2.15. The van der Waals surface area contributed by atoms with E-state index in [0.29, 0.717) is 5.56 Å². The summed E-state index contributed by atoms with van der Waals surface area (Å²) >= 11 is 0. The van der Waals surface area contributed by atoms with Crippen molar-refractivity contribution in [2.75, 3.05) is 20.7 Å². The quantitative estimate of drug-likeness (QED) is 0.590. The fourth-order valence-electron chi connectivity index (χ4n) is 2.32. The Labute approximate surface area is 154 Å². The van der Waals surface area contributed by atoms with Gasteiger partial charge in [0.2, 0.25) is 5.91 Å². The van der Waals surface area contributed by atoms with Crippen LogP contribution in [0.3, 0.4) is 0 Å². The van der Waals surface area contributed by atoms with E-state index in [1.807, 2.05) is 0 Å². The summed E-state index contributed by atoms with van der Waals surface area (Å²) in [6.45, 7) is -0.150. The number of likely N-dealkylation sites (N-methyl/N-ethyl adjacent to an activating group) is 1. The van der Waals surface area contributed by atoms with Gasteiger partial charge in [0.1, 0.15) is 0 Å². The van der Waals surface area contributed by atoms with Crippen LogP contribution in [0.5, 0.6) is 5.75 Å². The maximum Gasteiger partial charge on any atom is 0.270 e. The summed E-state index contributed by atoms with van der Waals surface area (Å²) in [5.74, 6) is -1.42. The molecule has 2 rings (SSSR count). The number of hydrogen-bond acceptors (Lipinski definition) is 5. The predicted molar refractivity (Wildman–Crippen MR) is 94.9 cm³/mol. The van der Waals surface area contributed by atoms with Crippen molar-refractivity contribution in [2.45, 2.75) is 6.54 Å². The maximum absolute atomic E-state index is 13.7. The lowest BCUT2D eigenvalue weighted by Gasteiger charge is -2.18. The first-order chi connectivity index (χ1) is 12.8. The lowest BCUT2D eigenvalue weighted by atomic mass is 10.2. The molecule has 0 atom stereocenters. The van der Waals surface area contributed by atoms with Gasteiger partial charge in [0.25, 0.3) is 11.6 Å². The van der Waals surface area contributed by atoms with Gasteiger partial charge in [-0.25, -0.2) is 4.39 Å². The Morgan fingerprint density at radius 1 is 1.26 bits per heavy atom. The smallest absolute Gasteiger partial charge is 0.270 e. The minimum atomic E-state index is -0.607. The Kier molecular flexibility index (Phi) is 6.42. The van der Waals surface area contributed by atoms with Crippen molar-refractivity contribution in [2.24, 2.45) is 0 Å². The molecular formula is C18H18FN3O5. The summed E-state index contributed by atoms with van der Waals surface area (Å²) in [6.07, 6.45) is 0. The molecule has 2 aromatic carbocycles. The first-order valence-electron chi connectivity index (χ1n) is 7.91. The first kappa shape index (κ1) is 19.8. The third kappa shape index (κ3) is 5.24. The monoisotopic (exact) mass is 375 g/mol. The number of nitrogens with zero attached hydrogens (tertiary/aromatic N) is 2. The third-order valence-corrected chi connectivity index (χ3v) is 3.78. The normalized spacial score (nSPS) is 10.2. The van der Waals surface area contributed by atoms with E-state index in [9.17, 15) is 24.1 Å². The molecule has 0 aliphatic heterocycles. The second kappa shape index (κ2) is 8.75. The van der Waals surface area contributed by atoms with Gasteiger partial charge in [-0.05, 0) is 23.8 Å². The number of nitro benzene ring substituents is 1. The molecule has 0 spiro atoms. The van der Waals surface area contributed by atoms with Crippen LogP contribution in [0.15, 0.2) is 42.5 Å². The molecule has 0 aromatic heterocycles. The summed E-state index contributed by atoms with van der Waals surface area (Å²) < 4.78 is 18.5. The molecule has 0 heterocycles. The molecule has 1 N–H and O–H groups in total. The van der Waals surface area contributed by atoms with E-state index in [-0.39, 0.29) is 30.1 Å². The summed E-state index contributed by atoms with van der Waals surface area (Å²) in [5, 5.41) is 13.2. The molecule has 0 radical (unpaired) electrons. The Bertz CT molecular complexity index is 872. The highest BCUT2D eigenvalue weighted by Crippen LogP contribution is 2.18. The van der Waals surface area contributed by atoms with Crippen molar-refractivity contribution >= 4 is 17.5 Å². The zero-order valence-corrected chi connectivity index (χ0v) is 14.8. The molecule has 9 heteroatoms. The zero-order chi connectivity index (χ0) is 20.0. The largest absolute Gasteiger partial charge is 0.494 e. The van der Waals surface area contributed by atoms with Crippen LogP contribution in [0.2, 0.25) is 0 Å². The molecule has 2 amide bonds. The van der Waals surface area contributed by atoms with E-state index in [2.05, 4.69) is 5.32 Å². The van der Waals surface area contributed by atoms with Gasteiger partial charge in [-0.15, -0.1) is 0 Å². The van der Waals surface area contributed by atoms with Gasteiger partial charge in [-0.2, -0.15) is 0 Å². The number of benzene rings is 2. The lowest BCUT2D eigenvalue weighted by molar-refractivity contribution is -0.384. The highest BCUT2D eigenvalue weighted by atomic mass is 19.1. The van der Waals surface area contributed by atoms with Crippen LogP contribution in [0, 0.1) is 15.9 Å². The minimum Gasteiger partial charge on any atom is -0.494 e. The second-order valence-corrected chi connectivity index (χ2v) is 5.71. The predicted octanol–water partition coefficient (Wildman–Crippen LogP) is 2.13. The van der Waals surface area contributed by atoms with Gasteiger partial charge in [0.15, 0.2) is 11.6 Å². The lowest BCUT2D eigenvalue weighted by Crippen LogP contribution is -2.37. The number of carbonyl (C=O) groups excluding carboxylic acids is 2. The van der Waals surface area contributed by atoms with Gasteiger partial charge in [-0.1, -0.05) is 12.1 Å². The number of halogens is 1. The summed E-state index contributed by atoms with van der Waals surface area (Å²) in [7, 11) is 2.88. The Morgan fingerprint density at radius 3 is 2.63 bits per heavy atom. The van der Waals surface area contributed by atoms with Crippen LogP contribution in [0.25, 0.3) is 0 Å². The number of ether oxygens (including phenoxy) is 1. The van der Waals surface area contributed by atoms with Crippen molar-refractivity contribution in [1.82, 2.24) is 10.2 Å². The molecule has 2 aromatic rings. The van der Waals surface area contributed by atoms with Crippen LogP contribution in [-0.4, -0.2) is 42.3 Å². The SMILES string of the molecule is COc1ccc(CN(C)C(=O)CNC(=O)c2cccc([N+](=O)[O-])c2)cc1F. The second-order valence-electron chi connectivity index (χ2n) is 5.71. The summed E-state index contributed by atoms with van der Waals surface area (Å²) in [5.41, 5.74) is 0.429. The van der Waals surface area contributed by atoms with Gasteiger partial charge in [-0.3, -0.25) is 19.7 Å². The number of non-ortho nitro benzene ring substituents is 1. The van der Waals surface area contributed by atoms with Crippen LogP contribution >= 0.6 is 0 Å². The summed E-state index contributed by atoms with van der Waals surface area (Å²) in [4.78, 5) is 35.7. The van der Waals surface area contributed by atoms with Gasteiger partial charge >= 0.3 is 0 Å². The number of carbonyl (C=O) groups is 2. The molecular weight excluding hydrogens is 357 g/mol. The molecule has 0 saturated heterocycles. The topological polar surface area (TPSA) is 102 Å². The van der Waals surface area contributed by atoms with E-state index >= 15 is 0 Å². The standard InChI is InChI=1S/C18H18FN3O5/c1-21(11-12-6-7-16(27-2)15(19)8-12)17(23)10-20-18(24)13-4-3-5-14(9-13)22(25)26/h3-9H,10-11H2,1-2H3,(H,20,24). The summed E-state index contributed by atoms with van der Waals surface area (Å²) in [6, 6.07) is 9.56. The molecule has 0 fully saturated rings. The van der Waals surface area contributed by atoms with Crippen LogP contribution in [0.4, 0.5) is 10.1 Å². The molecule has 142 valence electrons. The number of nitro groups is 1. The van der Waals surface area contributed by atoms with Crippen molar-refractivity contribution in [1.29, 1.82) is 0 Å². The average Bonchev–Trinajstić information content (AvgIpc) is 2.66. The van der Waals surface area contributed by atoms with Crippen LogP contribution in [0.1, 0.15) is 15.9 Å². The number of nitrogens with one attached hydrogen (secondary N) is 1. The fraction of sp³-hybridized carbons (Fsp3) is 0.222. The highest BCUT2D eigenvalue weighted by molar-refractivity contribution is 5.96. The third-order valence-electron chi connectivity index (χ3n) is 3.78. The van der Waals surface area contributed by atoms with E-state index in [4.69, 9.17) is 4.74 Å². The Balaban J connectivity index is 1.92. The number of rotatable bonds is 7. The molecule has 0 saturated carbocycles. The number of hydrogen-bond donors (Lipinski definition) is 1. The average molecular weight is 375 g/mol. The van der Waals surface area contributed by atoms with Crippen molar-refractivity contribution < 1.29 is 23.6 Å². The minimum absolute atomic E-state index is 0.0804. The van der Waals surface area contributed by atoms with Gasteiger partial charge < -0.3 is 15.0 Å². The number of amides is 2. The molecule has 0 aliphatic rings. The fourth-order valence-corrected chi connectivity index (χ4v) is 2.32. The number of methoxy groups -OCH3 is 1. The van der Waals surface area contributed by atoms with Gasteiger partial charge in [0, 0.05) is 31.3 Å². The van der Waals surface area contributed by atoms with Crippen LogP contribution < -0.4 is 10.1 Å². The molecule has 0 aliphatic carbocycles. The first-order valence-corrected chi connectivity index (χ1v) is 7.91. The van der Waals surface area contributed by atoms with Crippen LogP contribution in [-0.2, 0) is 11.3 Å². The zero-order valence-electron chi connectivity index (χ0n) is 14.8. The van der Waals surface area contributed by atoms with E-state index in [1.165, 1.54) is 49.4 Å². The molecule has 0 unspecified atom stereocenters. The van der Waals surface area contributed by atoms with E-state index in [0.717, 1.165) is 6.07 Å². The molecule has 8 nitrogen and oxygen atoms in total. The Hall–Kier alpha value is -3.49. The molecule has 27 heavy (non-hydrogen) atoms. The van der Waals surface area contributed by atoms with E-state index < -0.39 is 22.6 Å².